The topological polar surface area (TPSA) is 61.5 Å². The number of anilines is 1. The smallest absolute Gasteiger partial charge is 0.313 e. The molecular weight excluding hydrogens is 292 g/mol. The van der Waals surface area contributed by atoms with Crippen molar-refractivity contribution < 1.29 is 9.53 Å². The van der Waals surface area contributed by atoms with Crippen LogP contribution in [0.1, 0.15) is 18.3 Å². The van der Waals surface area contributed by atoms with Gasteiger partial charge < -0.3 is 19.5 Å². The molecule has 2 heterocycles. The summed E-state index contributed by atoms with van der Waals surface area (Å²) in [7, 11) is 4.28. The molecule has 0 saturated carbocycles. The maximum atomic E-state index is 11.6. The van der Waals surface area contributed by atoms with Gasteiger partial charge in [0.15, 0.2) is 0 Å². The van der Waals surface area contributed by atoms with Gasteiger partial charge in [0.1, 0.15) is 12.2 Å². The van der Waals surface area contributed by atoms with Gasteiger partial charge in [0.2, 0.25) is 0 Å². The number of hydrogen-bond donors (Lipinski definition) is 1. The number of H-pyrrole nitrogens is 1. The van der Waals surface area contributed by atoms with Gasteiger partial charge in [-0.1, -0.05) is 0 Å². The first-order valence-electron chi connectivity index (χ1n) is 8.13. The molecule has 6 nitrogen and oxygen atoms in total. The molecule has 1 aromatic carbocycles. The largest absolute Gasteiger partial charge is 0.466 e. The van der Waals surface area contributed by atoms with Gasteiger partial charge in [-0.25, -0.2) is 4.98 Å². The molecule has 0 fully saturated rings. The molecule has 0 saturated heterocycles. The highest BCUT2D eigenvalue weighted by molar-refractivity contribution is 5.83. The summed E-state index contributed by atoms with van der Waals surface area (Å²) in [5.41, 5.74) is 4.45. The van der Waals surface area contributed by atoms with Crippen LogP contribution in [0.3, 0.4) is 0 Å². The average molecular weight is 316 g/mol. The van der Waals surface area contributed by atoms with Crippen molar-refractivity contribution in [3.8, 4) is 0 Å². The number of benzene rings is 1. The fraction of sp³-hybridized carbons (Fsp3) is 0.529. The van der Waals surface area contributed by atoms with E-state index in [4.69, 9.17) is 4.74 Å². The van der Waals surface area contributed by atoms with E-state index in [-0.39, 0.29) is 12.4 Å². The van der Waals surface area contributed by atoms with Crippen molar-refractivity contribution in [2.45, 2.75) is 19.8 Å². The second-order valence-corrected chi connectivity index (χ2v) is 6.14. The van der Waals surface area contributed by atoms with Crippen LogP contribution in [0, 0.1) is 0 Å². The number of carbonyl (C=O) groups is 1. The molecule has 0 spiro atoms. The Kier molecular flexibility index (Phi) is 4.52. The van der Waals surface area contributed by atoms with Crippen LogP contribution in [0.5, 0.6) is 0 Å². The number of imidazole rings is 1. The quantitative estimate of drug-likeness (QED) is 0.872. The zero-order chi connectivity index (χ0) is 16.4. The normalized spacial score (nSPS) is 16.0. The summed E-state index contributed by atoms with van der Waals surface area (Å²) < 4.78 is 4.99. The molecule has 2 aromatic rings. The van der Waals surface area contributed by atoms with E-state index in [1.54, 1.807) is 0 Å². The lowest BCUT2D eigenvalue weighted by Crippen LogP contribution is -2.34. The van der Waals surface area contributed by atoms with E-state index in [1.807, 2.05) is 6.92 Å². The summed E-state index contributed by atoms with van der Waals surface area (Å²) in [4.78, 5) is 24.1. The Bertz CT molecular complexity index is 710. The van der Waals surface area contributed by atoms with Gasteiger partial charge in [0.05, 0.1) is 17.6 Å². The predicted octanol–water partition coefficient (Wildman–Crippen LogP) is 1.59. The van der Waals surface area contributed by atoms with Crippen LogP contribution < -0.4 is 4.90 Å². The second-order valence-electron chi connectivity index (χ2n) is 6.14. The number of aromatic nitrogens is 2. The first kappa shape index (κ1) is 15.8. The van der Waals surface area contributed by atoms with Crippen LogP contribution in [0.4, 0.5) is 5.69 Å². The van der Waals surface area contributed by atoms with Crippen LogP contribution in [-0.2, 0) is 22.4 Å². The Morgan fingerprint density at radius 2 is 2.13 bits per heavy atom. The molecule has 0 bridgehead atoms. The molecule has 1 aliphatic heterocycles. The predicted molar refractivity (Wildman–Crippen MR) is 90.9 cm³/mol. The number of ether oxygens (including phenoxy) is 1. The molecule has 0 radical (unpaired) electrons. The van der Waals surface area contributed by atoms with E-state index in [0.717, 1.165) is 37.1 Å². The number of fused-ring (bicyclic) bond motifs is 2. The summed E-state index contributed by atoms with van der Waals surface area (Å²) in [5, 5.41) is 0. The van der Waals surface area contributed by atoms with Crippen LogP contribution in [0.2, 0.25) is 0 Å². The highest BCUT2D eigenvalue weighted by Crippen LogP contribution is 2.27. The number of likely N-dealkylation sites (N-methyl/N-ethyl adjacent to an activating group) is 2. The third-order valence-electron chi connectivity index (χ3n) is 4.34. The number of esters is 1. The molecule has 1 N–H and O–H groups in total. The van der Waals surface area contributed by atoms with Crippen molar-refractivity contribution >= 4 is 22.7 Å². The summed E-state index contributed by atoms with van der Waals surface area (Å²) in [6.45, 7) is 5.31. The maximum absolute atomic E-state index is 11.6. The van der Waals surface area contributed by atoms with E-state index >= 15 is 0 Å². The molecule has 0 unspecified atom stereocenters. The number of rotatable bonds is 3. The summed E-state index contributed by atoms with van der Waals surface area (Å²) in [5.74, 6) is 0.417. The lowest BCUT2D eigenvalue weighted by molar-refractivity contribution is -0.142. The summed E-state index contributed by atoms with van der Waals surface area (Å²) >= 11 is 0. The fourth-order valence-corrected chi connectivity index (χ4v) is 3.00. The molecule has 3 rings (SSSR count). The number of hydrogen-bond acceptors (Lipinski definition) is 5. The number of nitrogens with one attached hydrogen (secondary N) is 1. The standard InChI is InChI=1S/C17H24N4O2/c1-4-23-17(22)11-16-18-13-9-12-5-6-20(2)7-8-21(3)15(12)10-14(13)19-16/h9-10H,4-8,11H2,1-3H3,(H,18,19). The first-order chi connectivity index (χ1) is 11.1. The molecule has 124 valence electrons. The fourth-order valence-electron chi connectivity index (χ4n) is 3.00. The molecular formula is C17H24N4O2. The van der Waals surface area contributed by atoms with E-state index in [2.05, 4.69) is 46.0 Å². The van der Waals surface area contributed by atoms with Gasteiger partial charge in [-0.15, -0.1) is 0 Å². The molecule has 23 heavy (non-hydrogen) atoms. The summed E-state index contributed by atoms with van der Waals surface area (Å²) in [6, 6.07) is 4.29. The number of nitrogens with zero attached hydrogens (tertiary/aromatic N) is 3. The lowest BCUT2D eigenvalue weighted by Gasteiger charge is -2.29. The third-order valence-corrected chi connectivity index (χ3v) is 4.34. The Hall–Kier alpha value is -2.08. The van der Waals surface area contributed by atoms with E-state index in [1.165, 1.54) is 11.3 Å². The van der Waals surface area contributed by atoms with Crippen molar-refractivity contribution in [2.24, 2.45) is 0 Å². The van der Waals surface area contributed by atoms with Crippen LogP contribution in [0.25, 0.3) is 11.0 Å². The van der Waals surface area contributed by atoms with Gasteiger partial charge in [0.25, 0.3) is 0 Å². The monoisotopic (exact) mass is 316 g/mol. The van der Waals surface area contributed by atoms with Crippen molar-refractivity contribution in [2.75, 3.05) is 45.2 Å². The Labute approximate surface area is 136 Å². The van der Waals surface area contributed by atoms with Crippen molar-refractivity contribution in [1.82, 2.24) is 14.9 Å². The first-order valence-corrected chi connectivity index (χ1v) is 8.13. The summed E-state index contributed by atoms with van der Waals surface area (Å²) in [6.07, 6.45) is 1.20. The van der Waals surface area contributed by atoms with E-state index in [9.17, 15) is 4.79 Å². The Morgan fingerprint density at radius 1 is 1.30 bits per heavy atom. The lowest BCUT2D eigenvalue weighted by atomic mass is 10.1. The van der Waals surface area contributed by atoms with Gasteiger partial charge in [-0.05, 0) is 38.1 Å². The van der Waals surface area contributed by atoms with Crippen LogP contribution in [-0.4, -0.2) is 61.2 Å². The van der Waals surface area contributed by atoms with E-state index < -0.39 is 0 Å². The molecule has 6 heteroatoms. The zero-order valence-corrected chi connectivity index (χ0v) is 14.1. The SMILES string of the molecule is CCOC(=O)Cc1nc2cc3c(cc2[nH]1)CCN(C)CCN3C. The van der Waals surface area contributed by atoms with Crippen LogP contribution >= 0.6 is 0 Å². The minimum absolute atomic E-state index is 0.186. The minimum atomic E-state index is -0.247. The highest BCUT2D eigenvalue weighted by atomic mass is 16.5. The Balaban J connectivity index is 1.92. The number of aromatic amines is 1. The van der Waals surface area contributed by atoms with Gasteiger partial charge in [-0.3, -0.25) is 4.79 Å². The minimum Gasteiger partial charge on any atom is -0.466 e. The third kappa shape index (κ3) is 3.47. The Morgan fingerprint density at radius 3 is 2.91 bits per heavy atom. The number of carbonyl (C=O) groups excluding carboxylic acids is 1. The maximum Gasteiger partial charge on any atom is 0.313 e. The van der Waals surface area contributed by atoms with Crippen molar-refractivity contribution in [3.63, 3.8) is 0 Å². The van der Waals surface area contributed by atoms with Crippen molar-refractivity contribution in [1.29, 1.82) is 0 Å². The van der Waals surface area contributed by atoms with Gasteiger partial charge in [0, 0.05) is 32.4 Å². The van der Waals surface area contributed by atoms with Gasteiger partial charge in [-0.2, -0.15) is 0 Å². The molecule has 1 aliphatic rings. The van der Waals surface area contributed by atoms with E-state index in [0.29, 0.717) is 12.4 Å². The van der Waals surface area contributed by atoms with Crippen LogP contribution in [0.15, 0.2) is 12.1 Å². The average Bonchev–Trinajstić information content (AvgIpc) is 2.89. The molecule has 0 atom stereocenters. The van der Waals surface area contributed by atoms with Crippen molar-refractivity contribution in [3.05, 3.63) is 23.5 Å². The zero-order valence-electron chi connectivity index (χ0n) is 14.1. The second kappa shape index (κ2) is 6.58. The van der Waals surface area contributed by atoms with Gasteiger partial charge >= 0.3 is 5.97 Å². The molecule has 0 aliphatic carbocycles. The highest BCUT2D eigenvalue weighted by Gasteiger charge is 2.16. The molecule has 0 amide bonds. The molecule has 1 aromatic heterocycles.